The molecule has 3 aromatic carbocycles. The Kier molecular flexibility index (Phi) is 23.4. The number of nitrogens with zero attached hydrogens (tertiary/aromatic N) is 9. The number of Topliss-reactive ketones (excluding diaryl/α,β-unsaturated/α-hetero) is 2. The van der Waals surface area contributed by atoms with Crippen LogP contribution in [0.2, 0.25) is 0 Å². The number of aromatic nitrogens is 6. The average molecular weight is 1350 g/mol. The Labute approximate surface area is 572 Å². The van der Waals surface area contributed by atoms with Crippen LogP contribution in [0.25, 0.3) is 32.7 Å². The van der Waals surface area contributed by atoms with Crippen molar-refractivity contribution in [2.75, 3.05) is 81.1 Å². The Hall–Kier alpha value is -7.47. The highest BCUT2D eigenvalue weighted by atomic mass is 32.2. The lowest BCUT2D eigenvalue weighted by Gasteiger charge is -2.47. The number of hydrogen-bond acceptors (Lipinski definition) is 16. The summed E-state index contributed by atoms with van der Waals surface area (Å²) in [4.78, 5) is 68.0. The smallest absolute Gasteiger partial charge is 0.251 e. The third kappa shape index (κ3) is 17.9. The van der Waals surface area contributed by atoms with E-state index >= 15 is 0 Å². The number of fused-ring (bicyclic) bond motifs is 3. The Balaban J connectivity index is 0.000000148. The molecule has 0 bridgehead atoms. The van der Waals surface area contributed by atoms with Crippen LogP contribution in [-0.4, -0.2) is 183 Å². The minimum Gasteiger partial charge on any atom is -0.359 e. The minimum absolute atomic E-state index is 0.0102. The Bertz CT molecular complexity index is 3880. The van der Waals surface area contributed by atoms with Gasteiger partial charge in [-0.25, -0.2) is 8.42 Å². The first-order valence-corrected chi connectivity index (χ1v) is 37.7. The maximum atomic E-state index is 12.6. The molecule has 23 heteroatoms. The Morgan fingerprint density at radius 2 is 0.794 bits per heavy atom. The summed E-state index contributed by atoms with van der Waals surface area (Å²) >= 11 is 0. The fourth-order valence-electron chi connectivity index (χ4n) is 16.2. The van der Waals surface area contributed by atoms with Crippen molar-refractivity contribution < 1.29 is 32.4 Å². The van der Waals surface area contributed by atoms with Crippen LogP contribution in [-0.2, 0) is 47.1 Å². The zero-order valence-electron chi connectivity index (χ0n) is 58.1. The van der Waals surface area contributed by atoms with Crippen molar-refractivity contribution in [1.29, 1.82) is 0 Å². The van der Waals surface area contributed by atoms with E-state index in [-0.39, 0.29) is 67.3 Å². The second-order valence-electron chi connectivity index (χ2n) is 29.1. The molecule has 0 atom stereocenters. The van der Waals surface area contributed by atoms with E-state index in [1.165, 1.54) is 63.4 Å². The number of amides is 3. The lowest BCUT2D eigenvalue weighted by atomic mass is 9.72. The molecule has 524 valence electrons. The van der Waals surface area contributed by atoms with Gasteiger partial charge in [-0.1, -0.05) is 79.1 Å². The number of allylic oxidation sites excluding steroid dienone is 2. The van der Waals surface area contributed by atoms with Gasteiger partial charge in [0.25, 0.3) is 10.0 Å². The first-order valence-electron chi connectivity index (χ1n) is 35.9. The fraction of sp³-hybridized carbons (Fsp3) is 0.595. The number of carbonyl (C=O) groups excluding carboxylic acids is 5. The molecule has 3 aromatic heterocycles. The molecule has 7 fully saturated rings. The predicted molar refractivity (Wildman–Crippen MR) is 385 cm³/mol. The third-order valence-electron chi connectivity index (χ3n) is 21.8. The first-order chi connectivity index (χ1) is 46.7. The second-order valence-corrected chi connectivity index (χ2v) is 30.9. The van der Waals surface area contributed by atoms with E-state index in [9.17, 15) is 32.4 Å². The van der Waals surface area contributed by atoms with Gasteiger partial charge in [-0.2, -0.15) is 14.3 Å². The normalized spacial score (nSPS) is 23.1. The van der Waals surface area contributed by atoms with Crippen LogP contribution >= 0.6 is 0 Å². The van der Waals surface area contributed by atoms with Crippen LogP contribution in [0.4, 0.5) is 17.5 Å². The molecule has 4 aliphatic carbocycles. The molecule has 6 aromatic rings. The number of carbonyl (C=O) groups is 5. The fourth-order valence-corrected chi connectivity index (χ4v) is 17.0. The summed E-state index contributed by atoms with van der Waals surface area (Å²) in [6.45, 7) is 24.3. The largest absolute Gasteiger partial charge is 0.359 e. The van der Waals surface area contributed by atoms with E-state index in [0.29, 0.717) is 53.5 Å². The van der Waals surface area contributed by atoms with Gasteiger partial charge in [0, 0.05) is 85.4 Å². The van der Waals surface area contributed by atoms with Crippen molar-refractivity contribution in [3.05, 3.63) is 96.6 Å². The number of nitrogens with one attached hydrogen (secondary N) is 6. The zero-order valence-corrected chi connectivity index (χ0v) is 58.9. The van der Waals surface area contributed by atoms with Crippen LogP contribution in [0.1, 0.15) is 140 Å². The summed E-state index contributed by atoms with van der Waals surface area (Å²) in [6, 6.07) is 20.3. The molecule has 3 aliphatic heterocycles. The van der Waals surface area contributed by atoms with Crippen molar-refractivity contribution in [2.45, 2.75) is 193 Å². The summed E-state index contributed by atoms with van der Waals surface area (Å²) in [6.07, 6.45) is 25.8. The SMILES string of the molecule is C=CCn1nc(NCC(=O)NC2CN(C3CCC(C(C)=O)CC3)C2)c2cc(C)ccc21.C=CCn1nc(NCC(=O)NC2CN(C3CCC(C4CCCCC4)CC3)C2)c2cc(C)ccc21.CC(=O)C1CCC(N2CC(NC(=O)CNc3nn(S(C)(=O)=O)c4ccc(C)cc34)C2)CC1. The number of rotatable bonds is 23. The maximum absolute atomic E-state index is 12.6. The Morgan fingerprint density at radius 3 is 1.14 bits per heavy atom. The van der Waals surface area contributed by atoms with Crippen molar-refractivity contribution in [2.24, 2.45) is 23.7 Å². The molecule has 6 N–H and O–H groups in total. The molecule has 97 heavy (non-hydrogen) atoms. The van der Waals surface area contributed by atoms with Gasteiger partial charge >= 0.3 is 0 Å². The lowest BCUT2D eigenvalue weighted by Crippen LogP contribution is -2.63. The van der Waals surface area contributed by atoms with E-state index in [0.717, 1.165) is 163 Å². The quantitative estimate of drug-likeness (QED) is 0.0327. The molecule has 0 spiro atoms. The number of benzene rings is 3. The number of ketones is 2. The molecule has 0 radical (unpaired) electrons. The molecule has 6 heterocycles. The lowest BCUT2D eigenvalue weighted by molar-refractivity contribution is -0.123. The highest BCUT2D eigenvalue weighted by molar-refractivity contribution is 7.89. The van der Waals surface area contributed by atoms with Gasteiger partial charge in [-0.3, -0.25) is 48.0 Å². The number of aryl methyl sites for hydroxylation is 3. The molecule has 4 saturated carbocycles. The standard InChI is InChI=1S/C28H41N5O.C24H33N5O2.C22H31N5O4S/c1-3-15-33-26-14-9-20(2)16-25(26)28(31-33)29-17-27(34)30-23-18-32(19-23)24-12-10-22(11-13-24)21-7-5-4-6-8-21;1-4-11-29-22-10-5-16(2)12-21(22)24(27-29)25-13-23(31)26-19-14-28(15-19)20-8-6-18(7-9-20)17(3)30;1-14-4-9-20-19(10-14)22(25-27(20)32(3,30)31)23-11-21(29)24-17-12-26(13-17)18-7-5-16(6-8-18)15(2)28/h3,9,14,16,21-24H,1,4-8,10-13,15,17-19H2,2H3,(H,29,31)(H,30,34);4-5,10,12,18-20H,1,6-9,11,13-15H2,2-3H3,(H,25,27)(H,26,31);4,9-10,16-18H,5-8,11-13H2,1-3H3,(H,23,25)(H,24,29). The van der Waals surface area contributed by atoms with Gasteiger partial charge in [-0.05, 0) is 160 Å². The number of likely N-dealkylation sites (tertiary alicyclic amines) is 3. The monoisotopic (exact) mass is 1350 g/mol. The van der Waals surface area contributed by atoms with E-state index in [1.54, 1.807) is 19.9 Å². The average Bonchev–Trinajstić information content (AvgIpc) is 1.67. The van der Waals surface area contributed by atoms with Gasteiger partial charge in [0.15, 0.2) is 17.5 Å². The molecule has 13 rings (SSSR count). The molecular formula is C74H105N15O7S. The molecule has 3 saturated heterocycles. The van der Waals surface area contributed by atoms with E-state index in [1.807, 2.05) is 40.6 Å². The topological polar surface area (TPSA) is 255 Å². The van der Waals surface area contributed by atoms with Crippen LogP contribution in [0, 0.1) is 44.4 Å². The van der Waals surface area contributed by atoms with Crippen LogP contribution in [0.15, 0.2) is 79.9 Å². The summed E-state index contributed by atoms with van der Waals surface area (Å²) < 4.78 is 28.9. The van der Waals surface area contributed by atoms with Crippen molar-refractivity contribution in [3.63, 3.8) is 0 Å². The summed E-state index contributed by atoms with van der Waals surface area (Å²) in [7, 11) is -3.56. The van der Waals surface area contributed by atoms with Crippen LogP contribution in [0.5, 0.6) is 0 Å². The molecular weight excluding hydrogens is 1240 g/mol. The Morgan fingerprint density at radius 1 is 0.464 bits per heavy atom. The highest BCUT2D eigenvalue weighted by Crippen LogP contribution is 2.40. The molecule has 22 nitrogen and oxygen atoms in total. The van der Waals surface area contributed by atoms with Crippen molar-refractivity contribution >= 4 is 89.5 Å². The maximum Gasteiger partial charge on any atom is 0.251 e. The van der Waals surface area contributed by atoms with Crippen LogP contribution < -0.4 is 31.9 Å². The zero-order chi connectivity index (χ0) is 68.5. The van der Waals surface area contributed by atoms with Gasteiger partial charge in [-0.15, -0.1) is 18.3 Å². The van der Waals surface area contributed by atoms with E-state index < -0.39 is 10.0 Å². The van der Waals surface area contributed by atoms with Crippen LogP contribution in [0.3, 0.4) is 0 Å². The van der Waals surface area contributed by atoms with Gasteiger partial charge in [0.2, 0.25) is 17.7 Å². The van der Waals surface area contributed by atoms with Gasteiger partial charge < -0.3 is 31.9 Å². The van der Waals surface area contributed by atoms with Crippen molar-refractivity contribution in [1.82, 2.24) is 59.4 Å². The number of anilines is 3. The summed E-state index contributed by atoms with van der Waals surface area (Å²) in [5.74, 6) is 4.86. The minimum atomic E-state index is -3.56. The molecule has 7 aliphatic rings. The third-order valence-corrected chi connectivity index (χ3v) is 22.7. The van der Waals surface area contributed by atoms with E-state index in [4.69, 9.17) is 0 Å². The second kappa shape index (κ2) is 32.0. The molecule has 0 unspecified atom stereocenters. The van der Waals surface area contributed by atoms with Gasteiger partial charge in [0.1, 0.15) is 11.6 Å². The highest BCUT2D eigenvalue weighted by Gasteiger charge is 2.39. The van der Waals surface area contributed by atoms with Gasteiger partial charge in [0.05, 0.1) is 73.7 Å². The first kappa shape index (κ1) is 70.8. The predicted octanol–water partition coefficient (Wildman–Crippen LogP) is 9.29. The number of hydrogen-bond donors (Lipinski definition) is 6. The van der Waals surface area contributed by atoms with Crippen molar-refractivity contribution in [3.8, 4) is 0 Å². The summed E-state index contributed by atoms with van der Waals surface area (Å²) in [5.41, 5.74) is 5.88. The van der Waals surface area contributed by atoms with E-state index in [2.05, 4.69) is 125 Å². The summed E-state index contributed by atoms with van der Waals surface area (Å²) in [5, 5.41) is 35.0. The molecule has 3 amide bonds.